The van der Waals surface area contributed by atoms with Gasteiger partial charge >= 0.3 is 0 Å². The Kier molecular flexibility index (Phi) is 2.58. The van der Waals surface area contributed by atoms with Crippen LogP contribution in [0.3, 0.4) is 0 Å². The maximum absolute atomic E-state index is 11.8. The lowest BCUT2D eigenvalue weighted by molar-refractivity contribution is 0.0967. The molecule has 0 aromatic carbocycles. The highest BCUT2D eigenvalue weighted by Gasteiger charge is 2.30. The normalized spacial score (nSPS) is 21.5. The van der Waals surface area contributed by atoms with Crippen LogP contribution in [0, 0.1) is 11.8 Å². The molecule has 0 saturated heterocycles. The molecular formula is C14H19NO. The van der Waals surface area contributed by atoms with Crippen molar-refractivity contribution >= 4 is 5.78 Å². The third kappa shape index (κ3) is 2.06. The van der Waals surface area contributed by atoms with Gasteiger partial charge in [-0.2, -0.15) is 0 Å². The van der Waals surface area contributed by atoms with Crippen molar-refractivity contribution in [3.05, 3.63) is 24.0 Å². The van der Waals surface area contributed by atoms with E-state index in [2.05, 4.69) is 17.0 Å². The first kappa shape index (κ1) is 10.1. The minimum Gasteiger partial charge on any atom is -0.353 e. The average molecular weight is 217 g/mol. The zero-order valence-corrected chi connectivity index (χ0v) is 9.69. The van der Waals surface area contributed by atoms with Gasteiger partial charge < -0.3 is 4.57 Å². The van der Waals surface area contributed by atoms with Crippen LogP contribution in [-0.4, -0.2) is 10.4 Å². The van der Waals surface area contributed by atoms with Crippen molar-refractivity contribution < 1.29 is 4.79 Å². The fraction of sp³-hybridized carbons (Fsp3) is 0.643. The molecule has 86 valence electrons. The first-order valence-electron chi connectivity index (χ1n) is 6.53. The van der Waals surface area contributed by atoms with Crippen molar-refractivity contribution in [2.45, 2.75) is 45.1 Å². The summed E-state index contributed by atoms with van der Waals surface area (Å²) in [6.45, 7) is 1.11. The summed E-state index contributed by atoms with van der Waals surface area (Å²) in [5, 5.41) is 0. The number of carbonyl (C=O) groups excluding carboxylic acids is 1. The number of hydrogen-bond donors (Lipinski definition) is 0. The van der Waals surface area contributed by atoms with Crippen LogP contribution in [0.15, 0.2) is 18.5 Å². The van der Waals surface area contributed by atoms with E-state index in [-0.39, 0.29) is 0 Å². The Balaban J connectivity index is 1.64. The van der Waals surface area contributed by atoms with Crippen LogP contribution in [-0.2, 0) is 6.54 Å². The van der Waals surface area contributed by atoms with Crippen LogP contribution in [0.4, 0.5) is 0 Å². The molecule has 0 amide bonds. The van der Waals surface area contributed by atoms with Gasteiger partial charge in [-0.15, -0.1) is 0 Å². The standard InChI is InChI=1S/C14H19NO/c16-14(12-5-6-12)13-7-8-15(10-13)9-11-3-1-2-4-11/h7-8,10-12H,1-6,9H2. The second-order valence-corrected chi connectivity index (χ2v) is 5.39. The predicted octanol–water partition coefficient (Wildman–Crippen LogP) is 3.27. The summed E-state index contributed by atoms with van der Waals surface area (Å²) >= 11 is 0. The van der Waals surface area contributed by atoms with Gasteiger partial charge in [0, 0.05) is 30.4 Å². The lowest BCUT2D eigenvalue weighted by Gasteiger charge is -2.09. The van der Waals surface area contributed by atoms with Crippen molar-refractivity contribution in [2.24, 2.45) is 11.8 Å². The Hall–Kier alpha value is -1.05. The molecule has 2 saturated carbocycles. The summed E-state index contributed by atoms with van der Waals surface area (Å²) in [6, 6.07) is 2.00. The van der Waals surface area contributed by atoms with Crippen molar-refractivity contribution in [2.75, 3.05) is 0 Å². The van der Waals surface area contributed by atoms with Gasteiger partial charge in [-0.25, -0.2) is 0 Å². The molecule has 1 heterocycles. The molecule has 2 aliphatic carbocycles. The van der Waals surface area contributed by atoms with Crippen LogP contribution >= 0.6 is 0 Å². The van der Waals surface area contributed by atoms with Gasteiger partial charge in [0.05, 0.1) is 0 Å². The van der Waals surface area contributed by atoms with Crippen LogP contribution in [0.25, 0.3) is 0 Å². The number of Topliss-reactive ketones (excluding diaryl/α,β-unsaturated/α-hetero) is 1. The number of carbonyl (C=O) groups is 1. The van der Waals surface area contributed by atoms with E-state index >= 15 is 0 Å². The third-order valence-electron chi connectivity index (χ3n) is 3.93. The quantitative estimate of drug-likeness (QED) is 0.709. The van der Waals surface area contributed by atoms with Crippen molar-refractivity contribution in [3.63, 3.8) is 0 Å². The molecule has 0 N–H and O–H groups in total. The maximum Gasteiger partial charge on any atom is 0.167 e. The summed E-state index contributed by atoms with van der Waals surface area (Å²) in [5.74, 6) is 1.56. The van der Waals surface area contributed by atoms with Crippen molar-refractivity contribution in [1.82, 2.24) is 4.57 Å². The van der Waals surface area contributed by atoms with E-state index in [0.29, 0.717) is 11.7 Å². The predicted molar refractivity (Wildman–Crippen MR) is 63.4 cm³/mol. The van der Waals surface area contributed by atoms with Gasteiger partial charge in [0.1, 0.15) is 0 Å². The Labute approximate surface area is 96.6 Å². The molecule has 1 aromatic rings. The Morgan fingerprint density at radius 3 is 2.69 bits per heavy atom. The second-order valence-electron chi connectivity index (χ2n) is 5.39. The first-order valence-corrected chi connectivity index (χ1v) is 6.53. The molecule has 0 bridgehead atoms. The second kappa shape index (κ2) is 4.08. The molecule has 16 heavy (non-hydrogen) atoms. The van der Waals surface area contributed by atoms with Crippen LogP contribution in [0.1, 0.15) is 48.9 Å². The minimum absolute atomic E-state index is 0.349. The molecule has 0 atom stereocenters. The zero-order valence-electron chi connectivity index (χ0n) is 9.69. The molecule has 2 nitrogen and oxygen atoms in total. The van der Waals surface area contributed by atoms with Gasteiger partial charge in [0.25, 0.3) is 0 Å². The van der Waals surface area contributed by atoms with Crippen LogP contribution in [0.2, 0.25) is 0 Å². The number of hydrogen-bond acceptors (Lipinski definition) is 1. The third-order valence-corrected chi connectivity index (χ3v) is 3.93. The van der Waals surface area contributed by atoms with E-state index in [9.17, 15) is 4.79 Å². The van der Waals surface area contributed by atoms with Gasteiger partial charge in [-0.05, 0) is 37.7 Å². The molecule has 1 aromatic heterocycles. The minimum atomic E-state index is 0.349. The maximum atomic E-state index is 11.8. The molecule has 3 rings (SSSR count). The topological polar surface area (TPSA) is 22.0 Å². The molecule has 0 spiro atoms. The van der Waals surface area contributed by atoms with E-state index < -0.39 is 0 Å². The van der Waals surface area contributed by atoms with E-state index in [4.69, 9.17) is 0 Å². The van der Waals surface area contributed by atoms with Crippen molar-refractivity contribution in [3.8, 4) is 0 Å². The molecule has 2 heteroatoms. The van der Waals surface area contributed by atoms with E-state index in [1.807, 2.05) is 6.07 Å². The highest BCUT2D eigenvalue weighted by atomic mass is 16.1. The van der Waals surface area contributed by atoms with Gasteiger partial charge in [-0.1, -0.05) is 12.8 Å². The molecule has 0 aliphatic heterocycles. The highest BCUT2D eigenvalue weighted by molar-refractivity contribution is 5.99. The summed E-state index contributed by atoms with van der Waals surface area (Å²) in [4.78, 5) is 11.8. The summed E-state index contributed by atoms with van der Waals surface area (Å²) in [6.07, 6.45) is 11.8. The Morgan fingerprint density at radius 1 is 1.25 bits per heavy atom. The molecule has 0 unspecified atom stereocenters. The highest BCUT2D eigenvalue weighted by Crippen LogP contribution is 2.33. The van der Waals surface area contributed by atoms with Gasteiger partial charge in [0.15, 0.2) is 5.78 Å². The fourth-order valence-electron chi connectivity index (χ4n) is 2.77. The van der Waals surface area contributed by atoms with Crippen LogP contribution in [0.5, 0.6) is 0 Å². The average Bonchev–Trinajstić information content (AvgIpc) is 2.82. The summed E-state index contributed by atoms with van der Waals surface area (Å²) in [7, 11) is 0. The lowest BCUT2D eigenvalue weighted by atomic mass is 10.1. The smallest absolute Gasteiger partial charge is 0.167 e. The Bertz CT molecular complexity index is 383. The number of aromatic nitrogens is 1. The number of ketones is 1. The monoisotopic (exact) mass is 217 g/mol. The van der Waals surface area contributed by atoms with E-state index in [1.54, 1.807) is 0 Å². The summed E-state index contributed by atoms with van der Waals surface area (Å²) in [5.41, 5.74) is 0.931. The number of rotatable bonds is 4. The molecule has 2 fully saturated rings. The van der Waals surface area contributed by atoms with E-state index in [0.717, 1.165) is 30.9 Å². The van der Waals surface area contributed by atoms with E-state index in [1.165, 1.54) is 25.7 Å². The van der Waals surface area contributed by atoms with Gasteiger partial charge in [0.2, 0.25) is 0 Å². The summed E-state index contributed by atoms with van der Waals surface area (Å²) < 4.78 is 2.21. The zero-order chi connectivity index (χ0) is 11.0. The Morgan fingerprint density at radius 2 is 2.00 bits per heavy atom. The SMILES string of the molecule is O=C(c1ccn(CC2CCCC2)c1)C1CC1. The molecular weight excluding hydrogens is 198 g/mol. The van der Waals surface area contributed by atoms with Crippen LogP contribution < -0.4 is 0 Å². The molecule has 0 radical (unpaired) electrons. The molecule has 2 aliphatic rings. The fourth-order valence-corrected chi connectivity index (χ4v) is 2.77. The first-order chi connectivity index (χ1) is 7.83. The van der Waals surface area contributed by atoms with Gasteiger partial charge in [-0.3, -0.25) is 4.79 Å². The lowest BCUT2D eigenvalue weighted by Crippen LogP contribution is -2.05. The largest absolute Gasteiger partial charge is 0.353 e. The van der Waals surface area contributed by atoms with Crippen molar-refractivity contribution in [1.29, 1.82) is 0 Å². The number of nitrogens with zero attached hydrogens (tertiary/aromatic N) is 1.